The minimum atomic E-state index is 0.178. The Hall–Kier alpha value is -0.980. The maximum Gasteiger partial charge on any atom is 0.227 e. The van der Waals surface area contributed by atoms with Crippen LogP contribution >= 0.6 is 11.3 Å². The standard InChI is InChI=1S/C15H24N4OS/c1-11-14(3-4-16-11)15(20)19-7-5-18(6-8-19)9-13-10-21-12(2)17-13/h10-11,14,16H,3-9H2,1-2H3. The summed E-state index contributed by atoms with van der Waals surface area (Å²) in [6.45, 7) is 9.66. The monoisotopic (exact) mass is 308 g/mol. The van der Waals surface area contributed by atoms with Gasteiger partial charge in [-0.3, -0.25) is 9.69 Å². The molecular weight excluding hydrogens is 284 g/mol. The van der Waals surface area contributed by atoms with Crippen LogP contribution in [0.4, 0.5) is 0 Å². The molecule has 2 saturated heterocycles. The lowest BCUT2D eigenvalue weighted by atomic mass is 10.00. The van der Waals surface area contributed by atoms with Crippen molar-refractivity contribution in [1.82, 2.24) is 20.1 Å². The minimum Gasteiger partial charge on any atom is -0.340 e. The number of thiazole rings is 1. The molecule has 2 unspecified atom stereocenters. The Balaban J connectivity index is 1.49. The molecule has 1 aromatic heterocycles. The van der Waals surface area contributed by atoms with E-state index in [0.29, 0.717) is 11.9 Å². The van der Waals surface area contributed by atoms with Gasteiger partial charge in [0.25, 0.3) is 0 Å². The van der Waals surface area contributed by atoms with E-state index in [1.807, 2.05) is 6.92 Å². The van der Waals surface area contributed by atoms with Gasteiger partial charge in [-0.1, -0.05) is 0 Å². The first-order valence-electron chi connectivity index (χ1n) is 7.79. The summed E-state index contributed by atoms with van der Waals surface area (Å²) in [5.41, 5.74) is 1.16. The van der Waals surface area contributed by atoms with Crippen molar-refractivity contribution < 1.29 is 4.79 Å². The van der Waals surface area contributed by atoms with Crippen molar-refractivity contribution in [2.45, 2.75) is 32.9 Å². The van der Waals surface area contributed by atoms with Crippen molar-refractivity contribution in [3.63, 3.8) is 0 Å². The van der Waals surface area contributed by atoms with Gasteiger partial charge >= 0.3 is 0 Å². The number of carbonyl (C=O) groups is 1. The molecule has 0 radical (unpaired) electrons. The Morgan fingerprint density at radius 1 is 1.43 bits per heavy atom. The van der Waals surface area contributed by atoms with E-state index in [0.717, 1.165) is 56.4 Å². The Kier molecular flexibility index (Phi) is 4.57. The molecule has 116 valence electrons. The average molecular weight is 308 g/mol. The predicted octanol–water partition coefficient (Wildman–Crippen LogP) is 1.09. The molecule has 21 heavy (non-hydrogen) atoms. The second-order valence-corrected chi connectivity index (χ2v) is 7.16. The molecule has 6 heteroatoms. The molecule has 1 aromatic rings. The lowest BCUT2D eigenvalue weighted by molar-refractivity contribution is -0.137. The summed E-state index contributed by atoms with van der Waals surface area (Å²) in [6, 6.07) is 0.327. The number of nitrogens with one attached hydrogen (secondary N) is 1. The normalized spacial score (nSPS) is 27.2. The first kappa shape index (κ1) is 14.9. The van der Waals surface area contributed by atoms with Crippen LogP contribution in [0.5, 0.6) is 0 Å². The van der Waals surface area contributed by atoms with Crippen LogP contribution in [0.1, 0.15) is 24.0 Å². The molecule has 2 aliphatic heterocycles. The summed E-state index contributed by atoms with van der Waals surface area (Å²) in [7, 11) is 0. The predicted molar refractivity (Wildman–Crippen MR) is 84.3 cm³/mol. The molecule has 1 amide bonds. The number of rotatable bonds is 3. The highest BCUT2D eigenvalue weighted by molar-refractivity contribution is 7.09. The van der Waals surface area contributed by atoms with E-state index in [-0.39, 0.29) is 5.92 Å². The van der Waals surface area contributed by atoms with Crippen LogP contribution in [0.25, 0.3) is 0 Å². The molecule has 3 heterocycles. The zero-order valence-corrected chi connectivity index (χ0v) is 13.7. The molecule has 0 saturated carbocycles. The van der Waals surface area contributed by atoms with Gasteiger partial charge in [-0.25, -0.2) is 4.98 Å². The van der Waals surface area contributed by atoms with Crippen molar-refractivity contribution in [2.24, 2.45) is 5.92 Å². The van der Waals surface area contributed by atoms with Crippen LogP contribution in [0.15, 0.2) is 5.38 Å². The number of carbonyl (C=O) groups excluding carboxylic acids is 1. The third-order valence-corrected chi connectivity index (χ3v) is 5.40. The van der Waals surface area contributed by atoms with Crippen LogP contribution in [0.3, 0.4) is 0 Å². The van der Waals surface area contributed by atoms with Gasteiger partial charge in [0.2, 0.25) is 5.91 Å². The molecule has 2 atom stereocenters. The molecule has 2 fully saturated rings. The average Bonchev–Trinajstić information content (AvgIpc) is 3.08. The molecule has 3 rings (SSSR count). The van der Waals surface area contributed by atoms with E-state index in [4.69, 9.17) is 0 Å². The SMILES string of the molecule is Cc1nc(CN2CCN(C(=O)C3CCNC3C)CC2)cs1. The van der Waals surface area contributed by atoms with Gasteiger partial charge in [-0.2, -0.15) is 0 Å². The topological polar surface area (TPSA) is 48.5 Å². The Morgan fingerprint density at radius 3 is 2.76 bits per heavy atom. The van der Waals surface area contributed by atoms with E-state index in [1.165, 1.54) is 0 Å². The maximum atomic E-state index is 12.5. The maximum absolute atomic E-state index is 12.5. The summed E-state index contributed by atoms with van der Waals surface area (Å²) in [6.07, 6.45) is 0.984. The van der Waals surface area contributed by atoms with Crippen LogP contribution in [-0.4, -0.2) is 59.5 Å². The first-order chi connectivity index (χ1) is 10.1. The van der Waals surface area contributed by atoms with E-state index in [1.54, 1.807) is 11.3 Å². The lowest BCUT2D eigenvalue weighted by Crippen LogP contribution is -2.51. The fraction of sp³-hybridized carbons (Fsp3) is 0.733. The fourth-order valence-electron chi connectivity index (χ4n) is 3.27. The number of piperazine rings is 1. The zero-order valence-electron chi connectivity index (χ0n) is 12.8. The smallest absolute Gasteiger partial charge is 0.227 e. The van der Waals surface area contributed by atoms with Gasteiger partial charge in [0.05, 0.1) is 16.6 Å². The number of aryl methyl sites for hydroxylation is 1. The van der Waals surface area contributed by atoms with Gasteiger partial charge in [0.1, 0.15) is 0 Å². The second-order valence-electron chi connectivity index (χ2n) is 6.10. The Morgan fingerprint density at radius 2 is 2.19 bits per heavy atom. The molecule has 0 aromatic carbocycles. The van der Waals surface area contributed by atoms with Crippen LogP contribution in [0.2, 0.25) is 0 Å². The number of amides is 1. The van der Waals surface area contributed by atoms with Crippen molar-refractivity contribution in [2.75, 3.05) is 32.7 Å². The van der Waals surface area contributed by atoms with Gasteiger partial charge in [0, 0.05) is 44.1 Å². The fourth-order valence-corrected chi connectivity index (χ4v) is 3.87. The molecule has 2 aliphatic rings. The van der Waals surface area contributed by atoms with Crippen molar-refractivity contribution in [1.29, 1.82) is 0 Å². The number of hydrogen-bond donors (Lipinski definition) is 1. The Bertz CT molecular complexity index is 496. The largest absolute Gasteiger partial charge is 0.340 e. The highest BCUT2D eigenvalue weighted by atomic mass is 32.1. The third-order valence-electron chi connectivity index (χ3n) is 4.58. The molecule has 1 N–H and O–H groups in total. The molecular formula is C15H24N4OS. The van der Waals surface area contributed by atoms with Gasteiger partial charge in [-0.05, 0) is 26.8 Å². The van der Waals surface area contributed by atoms with Gasteiger partial charge < -0.3 is 10.2 Å². The lowest BCUT2D eigenvalue weighted by Gasteiger charge is -2.36. The van der Waals surface area contributed by atoms with Crippen molar-refractivity contribution >= 4 is 17.2 Å². The summed E-state index contributed by atoms with van der Waals surface area (Å²) in [4.78, 5) is 21.5. The van der Waals surface area contributed by atoms with Gasteiger partial charge in [-0.15, -0.1) is 11.3 Å². The van der Waals surface area contributed by atoms with E-state index in [9.17, 15) is 4.79 Å². The summed E-state index contributed by atoms with van der Waals surface area (Å²) >= 11 is 1.71. The van der Waals surface area contributed by atoms with E-state index >= 15 is 0 Å². The Labute approximate surface area is 130 Å². The zero-order chi connectivity index (χ0) is 14.8. The van der Waals surface area contributed by atoms with Crippen LogP contribution in [0, 0.1) is 12.8 Å². The van der Waals surface area contributed by atoms with Crippen LogP contribution < -0.4 is 5.32 Å². The van der Waals surface area contributed by atoms with Crippen molar-refractivity contribution in [3.8, 4) is 0 Å². The summed E-state index contributed by atoms with van der Waals surface area (Å²) in [5, 5.41) is 6.63. The molecule has 5 nitrogen and oxygen atoms in total. The summed E-state index contributed by atoms with van der Waals surface area (Å²) in [5.74, 6) is 0.523. The van der Waals surface area contributed by atoms with E-state index < -0.39 is 0 Å². The molecule has 0 bridgehead atoms. The first-order valence-corrected chi connectivity index (χ1v) is 8.67. The van der Waals surface area contributed by atoms with Crippen molar-refractivity contribution in [3.05, 3.63) is 16.1 Å². The molecule has 0 aliphatic carbocycles. The van der Waals surface area contributed by atoms with Gasteiger partial charge in [0.15, 0.2) is 0 Å². The number of aromatic nitrogens is 1. The van der Waals surface area contributed by atoms with Crippen LogP contribution in [-0.2, 0) is 11.3 Å². The number of nitrogens with zero attached hydrogens (tertiary/aromatic N) is 3. The third kappa shape index (κ3) is 3.44. The second kappa shape index (κ2) is 6.42. The highest BCUT2D eigenvalue weighted by Gasteiger charge is 2.33. The highest BCUT2D eigenvalue weighted by Crippen LogP contribution is 2.19. The summed E-state index contributed by atoms with van der Waals surface area (Å²) < 4.78 is 0. The molecule has 0 spiro atoms. The number of hydrogen-bond acceptors (Lipinski definition) is 5. The minimum absolute atomic E-state index is 0.178. The van der Waals surface area contributed by atoms with E-state index in [2.05, 4.69) is 32.4 Å². The quantitative estimate of drug-likeness (QED) is 0.908.